The van der Waals surface area contributed by atoms with Crippen molar-refractivity contribution in [1.82, 2.24) is 9.88 Å². The summed E-state index contributed by atoms with van der Waals surface area (Å²) in [6.45, 7) is 4.24. The van der Waals surface area contributed by atoms with Crippen LogP contribution in [0.25, 0.3) is 0 Å². The van der Waals surface area contributed by atoms with E-state index in [0.29, 0.717) is 0 Å². The lowest BCUT2D eigenvalue weighted by atomic mass is 10.1. The van der Waals surface area contributed by atoms with Gasteiger partial charge in [0.1, 0.15) is 5.82 Å². The van der Waals surface area contributed by atoms with Gasteiger partial charge in [-0.2, -0.15) is 11.8 Å². The Balaban J connectivity index is 3.01. The van der Waals surface area contributed by atoms with Gasteiger partial charge < -0.3 is 10.2 Å². The number of hydrogen-bond donors (Lipinski definition) is 1. The van der Waals surface area contributed by atoms with E-state index < -0.39 is 0 Å². The van der Waals surface area contributed by atoms with Crippen molar-refractivity contribution >= 4 is 23.5 Å². The Morgan fingerprint density at radius 2 is 2.14 bits per heavy atom. The van der Waals surface area contributed by atoms with Crippen molar-refractivity contribution in [3.8, 4) is 0 Å². The summed E-state index contributed by atoms with van der Waals surface area (Å²) >= 11 is 1.78. The third-order valence-corrected chi connectivity index (χ3v) is 4.30. The number of pyridine rings is 1. The lowest BCUT2D eigenvalue weighted by molar-refractivity contribution is 0.0743. The number of hydrogen-bond acceptors (Lipinski definition) is 4. The van der Waals surface area contributed by atoms with Crippen molar-refractivity contribution in [3.63, 3.8) is 0 Å². The van der Waals surface area contributed by atoms with E-state index in [2.05, 4.69) is 30.4 Å². The molecule has 0 aliphatic rings. The van der Waals surface area contributed by atoms with Gasteiger partial charge in [-0.25, -0.2) is 4.98 Å². The predicted octanol–water partition coefficient (Wildman–Crippen LogP) is 3.29. The smallest absolute Gasteiger partial charge is 0.254 e. The van der Waals surface area contributed by atoms with Crippen molar-refractivity contribution in [2.24, 2.45) is 0 Å². The minimum Gasteiger partial charge on any atom is -0.373 e. The second kappa shape index (κ2) is 8.93. The molecule has 118 valence electrons. The zero-order valence-corrected chi connectivity index (χ0v) is 14.6. The van der Waals surface area contributed by atoms with E-state index in [0.717, 1.165) is 42.1 Å². The minimum atomic E-state index is 0.0761. The van der Waals surface area contributed by atoms with Crippen LogP contribution in [0, 0.1) is 0 Å². The van der Waals surface area contributed by atoms with Crippen LogP contribution in [-0.2, 0) is 6.42 Å². The normalized spacial score (nSPS) is 12.0. The first-order valence-electron chi connectivity index (χ1n) is 7.52. The quantitative estimate of drug-likeness (QED) is 0.800. The summed E-state index contributed by atoms with van der Waals surface area (Å²) in [4.78, 5) is 19.1. The van der Waals surface area contributed by atoms with E-state index in [1.54, 1.807) is 11.8 Å². The number of rotatable bonds is 8. The van der Waals surface area contributed by atoms with Crippen molar-refractivity contribution in [3.05, 3.63) is 23.4 Å². The Morgan fingerprint density at radius 3 is 2.67 bits per heavy atom. The molecule has 0 aromatic carbocycles. The summed E-state index contributed by atoms with van der Waals surface area (Å²) in [7, 11) is 3.73. The van der Waals surface area contributed by atoms with Crippen molar-refractivity contribution in [2.45, 2.75) is 39.2 Å². The number of carbonyl (C=O) groups excluding carboxylic acids is 1. The molecule has 21 heavy (non-hydrogen) atoms. The Morgan fingerprint density at radius 1 is 1.43 bits per heavy atom. The lowest BCUT2D eigenvalue weighted by Crippen LogP contribution is -2.38. The first-order chi connectivity index (χ1) is 10.1. The number of thioether (sulfide) groups is 1. The molecule has 0 bridgehead atoms. The SMILES string of the molecule is CCCc1cc(C(=O)N(C)C(CC)CSC)cc(NC)n1. The molecule has 0 fully saturated rings. The van der Waals surface area contributed by atoms with Gasteiger partial charge in [0.05, 0.1) is 0 Å². The third kappa shape index (κ3) is 4.92. The van der Waals surface area contributed by atoms with Gasteiger partial charge in [0, 0.05) is 37.1 Å². The number of nitrogens with one attached hydrogen (secondary N) is 1. The molecule has 4 nitrogen and oxygen atoms in total. The molecule has 0 radical (unpaired) electrons. The summed E-state index contributed by atoms with van der Waals surface area (Å²) < 4.78 is 0. The van der Waals surface area contributed by atoms with Gasteiger partial charge >= 0.3 is 0 Å². The number of anilines is 1. The van der Waals surface area contributed by atoms with Crippen LogP contribution in [0.1, 0.15) is 42.7 Å². The van der Waals surface area contributed by atoms with Crippen molar-refractivity contribution < 1.29 is 4.79 Å². The lowest BCUT2D eigenvalue weighted by Gasteiger charge is -2.27. The van der Waals surface area contributed by atoms with E-state index >= 15 is 0 Å². The summed E-state index contributed by atoms with van der Waals surface area (Å²) in [6, 6.07) is 4.03. The van der Waals surface area contributed by atoms with Crippen LogP contribution in [0.15, 0.2) is 12.1 Å². The zero-order valence-electron chi connectivity index (χ0n) is 13.8. The van der Waals surface area contributed by atoms with E-state index in [9.17, 15) is 4.79 Å². The van der Waals surface area contributed by atoms with Crippen molar-refractivity contribution in [2.75, 3.05) is 31.4 Å². The molecule has 0 saturated heterocycles. The molecule has 1 aromatic heterocycles. The van der Waals surface area contributed by atoms with Gasteiger partial charge in [-0.1, -0.05) is 20.3 Å². The molecule has 5 heteroatoms. The fraction of sp³-hybridized carbons (Fsp3) is 0.625. The number of nitrogens with zero attached hydrogens (tertiary/aromatic N) is 2. The predicted molar refractivity (Wildman–Crippen MR) is 92.3 cm³/mol. The van der Waals surface area contributed by atoms with E-state index in [-0.39, 0.29) is 11.9 Å². The van der Waals surface area contributed by atoms with Gasteiger partial charge in [0.15, 0.2) is 0 Å². The summed E-state index contributed by atoms with van der Waals surface area (Å²) in [5, 5.41) is 3.04. The second-order valence-corrected chi connectivity index (χ2v) is 6.08. The molecule has 0 aliphatic heterocycles. The maximum atomic E-state index is 12.7. The van der Waals surface area contributed by atoms with Crippen LogP contribution in [0.3, 0.4) is 0 Å². The molecule has 1 aromatic rings. The van der Waals surface area contributed by atoms with E-state index in [1.165, 1.54) is 0 Å². The molecular weight excluding hydrogens is 282 g/mol. The molecule has 1 rings (SSSR count). The van der Waals surface area contributed by atoms with Crippen LogP contribution in [-0.4, -0.2) is 47.9 Å². The van der Waals surface area contributed by atoms with Gasteiger partial charge in [-0.05, 0) is 31.2 Å². The van der Waals surface area contributed by atoms with Crippen LogP contribution in [0.4, 0.5) is 5.82 Å². The highest BCUT2D eigenvalue weighted by atomic mass is 32.2. The second-order valence-electron chi connectivity index (χ2n) is 5.17. The fourth-order valence-electron chi connectivity index (χ4n) is 2.29. The summed E-state index contributed by atoms with van der Waals surface area (Å²) in [5.74, 6) is 1.80. The number of aromatic nitrogens is 1. The van der Waals surface area contributed by atoms with Crippen molar-refractivity contribution in [1.29, 1.82) is 0 Å². The fourth-order valence-corrected chi connectivity index (χ4v) is 3.13. The molecule has 0 aliphatic carbocycles. The maximum absolute atomic E-state index is 12.7. The highest BCUT2D eigenvalue weighted by Gasteiger charge is 2.20. The molecule has 0 spiro atoms. The monoisotopic (exact) mass is 309 g/mol. The molecule has 0 saturated carbocycles. The number of amides is 1. The minimum absolute atomic E-state index is 0.0761. The average molecular weight is 309 g/mol. The standard InChI is InChI=1S/C16H27N3OS/c1-6-8-13-9-12(10-15(17-3)18-13)16(20)19(4)14(7-2)11-21-5/h9-10,14H,6-8,11H2,1-5H3,(H,17,18). The van der Waals surface area contributed by atoms with E-state index in [4.69, 9.17) is 0 Å². The zero-order chi connectivity index (χ0) is 15.8. The van der Waals surface area contributed by atoms with Gasteiger partial charge in [-0.15, -0.1) is 0 Å². The highest BCUT2D eigenvalue weighted by Crippen LogP contribution is 2.16. The number of carbonyl (C=O) groups is 1. The summed E-state index contributed by atoms with van der Waals surface area (Å²) in [5.41, 5.74) is 1.69. The topological polar surface area (TPSA) is 45.2 Å². The maximum Gasteiger partial charge on any atom is 0.254 e. The van der Waals surface area contributed by atoms with Gasteiger partial charge in [-0.3, -0.25) is 4.79 Å². The summed E-state index contributed by atoms with van der Waals surface area (Å²) in [6.07, 6.45) is 4.95. The van der Waals surface area contributed by atoms with E-state index in [1.807, 2.05) is 31.1 Å². The molecule has 1 heterocycles. The first-order valence-corrected chi connectivity index (χ1v) is 8.91. The van der Waals surface area contributed by atoms with Gasteiger partial charge in [0.2, 0.25) is 0 Å². The third-order valence-electron chi connectivity index (χ3n) is 3.59. The van der Waals surface area contributed by atoms with Crippen LogP contribution in [0.5, 0.6) is 0 Å². The van der Waals surface area contributed by atoms with Crippen LogP contribution >= 0.6 is 11.8 Å². The molecular formula is C16H27N3OS. The first kappa shape index (κ1) is 17.8. The highest BCUT2D eigenvalue weighted by molar-refractivity contribution is 7.98. The average Bonchev–Trinajstić information content (AvgIpc) is 2.51. The van der Waals surface area contributed by atoms with Crippen LogP contribution < -0.4 is 5.32 Å². The Kier molecular flexibility index (Phi) is 7.57. The number of aryl methyl sites for hydroxylation is 1. The Hall–Kier alpha value is -1.23. The molecule has 1 unspecified atom stereocenters. The van der Waals surface area contributed by atoms with Gasteiger partial charge in [0.25, 0.3) is 5.91 Å². The Bertz CT molecular complexity index is 465. The molecule has 1 amide bonds. The molecule has 1 N–H and O–H groups in total. The largest absolute Gasteiger partial charge is 0.373 e. The Labute approximate surface area is 132 Å². The van der Waals surface area contributed by atoms with Crippen LogP contribution in [0.2, 0.25) is 0 Å². The molecule has 1 atom stereocenters.